The lowest BCUT2D eigenvalue weighted by Gasteiger charge is -2.28. The quantitative estimate of drug-likeness (QED) is 0.635. The van der Waals surface area contributed by atoms with E-state index in [4.69, 9.17) is 0 Å². The number of pyridine rings is 1. The standard InChI is InChI=1S/C21H24N4O3S2/c1-14(2)15-6-7-16(21(26)25-10-4-3-5-11-25)18(12-15)24-30(27,28)20-17-13-23-29-19(17)8-9-22-20/h6-9,12-14,24H,3-5,10-11H2,1-2H3. The molecule has 3 aromatic rings. The van der Waals surface area contributed by atoms with Crippen LogP contribution in [0.25, 0.3) is 10.1 Å². The molecule has 0 spiro atoms. The number of likely N-dealkylation sites (tertiary alicyclic amines) is 1. The van der Waals surface area contributed by atoms with Crippen molar-refractivity contribution in [1.82, 2.24) is 14.3 Å². The maximum atomic E-state index is 13.2. The Labute approximate surface area is 180 Å². The molecule has 0 bridgehead atoms. The molecule has 158 valence electrons. The zero-order valence-electron chi connectivity index (χ0n) is 17.0. The van der Waals surface area contributed by atoms with E-state index in [1.165, 1.54) is 23.9 Å². The molecule has 1 saturated heterocycles. The minimum atomic E-state index is -4.00. The Hall–Kier alpha value is -2.52. The van der Waals surface area contributed by atoms with Gasteiger partial charge in [0.2, 0.25) is 0 Å². The van der Waals surface area contributed by atoms with E-state index in [2.05, 4.69) is 14.1 Å². The summed E-state index contributed by atoms with van der Waals surface area (Å²) in [5.74, 6) is 0.0427. The molecular weight excluding hydrogens is 420 g/mol. The summed E-state index contributed by atoms with van der Waals surface area (Å²) in [6, 6.07) is 7.10. The number of benzene rings is 1. The summed E-state index contributed by atoms with van der Waals surface area (Å²) in [4.78, 5) is 19.1. The number of hydrogen-bond donors (Lipinski definition) is 1. The predicted molar refractivity (Wildman–Crippen MR) is 119 cm³/mol. The molecule has 0 aliphatic carbocycles. The lowest BCUT2D eigenvalue weighted by atomic mass is 9.99. The number of carbonyl (C=O) groups excluding carboxylic acids is 1. The van der Waals surface area contributed by atoms with Gasteiger partial charge in [-0.2, -0.15) is 12.8 Å². The predicted octanol–water partition coefficient (Wildman–Crippen LogP) is 4.24. The number of sulfonamides is 1. The second-order valence-corrected chi connectivity index (χ2v) is 10.2. The Morgan fingerprint density at radius 3 is 2.67 bits per heavy atom. The van der Waals surface area contributed by atoms with Gasteiger partial charge >= 0.3 is 0 Å². The van der Waals surface area contributed by atoms with E-state index in [9.17, 15) is 13.2 Å². The first-order chi connectivity index (χ1) is 14.4. The molecule has 7 nitrogen and oxygen atoms in total. The van der Waals surface area contributed by atoms with Gasteiger partial charge in [0, 0.05) is 19.3 Å². The van der Waals surface area contributed by atoms with E-state index in [0.717, 1.165) is 29.5 Å². The number of fused-ring (bicyclic) bond motifs is 1. The number of piperidine rings is 1. The molecule has 1 aromatic carbocycles. The fraction of sp³-hybridized carbons (Fsp3) is 0.381. The van der Waals surface area contributed by atoms with Crippen LogP contribution in [0.1, 0.15) is 54.9 Å². The number of aromatic nitrogens is 2. The molecule has 1 amide bonds. The van der Waals surface area contributed by atoms with Crippen LogP contribution >= 0.6 is 11.5 Å². The second kappa shape index (κ2) is 8.31. The SMILES string of the molecule is CC(C)c1ccc(C(=O)N2CCCCC2)c(NS(=O)(=O)c2nccc3sncc23)c1. The third kappa shape index (κ3) is 4.04. The summed E-state index contributed by atoms with van der Waals surface area (Å²) >= 11 is 1.21. The highest BCUT2D eigenvalue weighted by molar-refractivity contribution is 7.92. The third-order valence-corrected chi connectivity index (χ3v) is 7.42. The largest absolute Gasteiger partial charge is 0.339 e. The minimum absolute atomic E-state index is 0.0833. The zero-order valence-corrected chi connectivity index (χ0v) is 18.6. The zero-order chi connectivity index (χ0) is 21.3. The molecule has 0 radical (unpaired) electrons. The molecule has 1 N–H and O–H groups in total. The minimum Gasteiger partial charge on any atom is -0.339 e. The Morgan fingerprint density at radius 1 is 1.17 bits per heavy atom. The van der Waals surface area contributed by atoms with Crippen molar-refractivity contribution in [2.45, 2.75) is 44.1 Å². The second-order valence-electron chi connectivity index (χ2n) is 7.77. The van der Waals surface area contributed by atoms with Crippen molar-refractivity contribution in [2.75, 3.05) is 17.8 Å². The summed E-state index contributed by atoms with van der Waals surface area (Å²) in [5.41, 5.74) is 1.60. The summed E-state index contributed by atoms with van der Waals surface area (Å²) < 4.78 is 33.9. The number of nitrogens with zero attached hydrogens (tertiary/aromatic N) is 3. The van der Waals surface area contributed by atoms with Gasteiger partial charge in [0.05, 0.1) is 27.5 Å². The van der Waals surface area contributed by atoms with Gasteiger partial charge in [0.15, 0.2) is 5.03 Å². The van der Waals surface area contributed by atoms with E-state index in [1.807, 2.05) is 19.9 Å². The van der Waals surface area contributed by atoms with Crippen molar-refractivity contribution in [3.63, 3.8) is 0 Å². The topological polar surface area (TPSA) is 92.3 Å². The van der Waals surface area contributed by atoms with Crippen LogP contribution in [0.15, 0.2) is 41.7 Å². The fourth-order valence-corrected chi connectivity index (χ4v) is 5.55. The molecule has 30 heavy (non-hydrogen) atoms. The summed E-state index contributed by atoms with van der Waals surface area (Å²) in [5, 5.41) is 0.388. The van der Waals surface area contributed by atoms with Crippen LogP contribution in [0.3, 0.4) is 0 Å². The lowest BCUT2D eigenvalue weighted by Crippen LogP contribution is -2.36. The van der Waals surface area contributed by atoms with E-state index >= 15 is 0 Å². The van der Waals surface area contributed by atoms with E-state index in [-0.39, 0.29) is 16.9 Å². The van der Waals surface area contributed by atoms with Crippen LogP contribution in [-0.4, -0.2) is 41.7 Å². The molecule has 0 atom stereocenters. The van der Waals surface area contributed by atoms with Crippen molar-refractivity contribution in [2.24, 2.45) is 0 Å². The molecule has 0 saturated carbocycles. The number of nitrogens with one attached hydrogen (secondary N) is 1. The molecule has 3 heterocycles. The Morgan fingerprint density at radius 2 is 1.93 bits per heavy atom. The maximum absolute atomic E-state index is 13.2. The van der Waals surface area contributed by atoms with Crippen LogP contribution in [0.4, 0.5) is 5.69 Å². The average Bonchev–Trinajstić information content (AvgIpc) is 3.22. The molecule has 1 fully saturated rings. The highest BCUT2D eigenvalue weighted by Gasteiger charge is 2.26. The number of rotatable bonds is 5. The van der Waals surface area contributed by atoms with E-state index in [0.29, 0.717) is 29.7 Å². The van der Waals surface area contributed by atoms with Crippen molar-refractivity contribution in [3.8, 4) is 0 Å². The maximum Gasteiger partial charge on any atom is 0.280 e. The first-order valence-electron chi connectivity index (χ1n) is 10.0. The summed E-state index contributed by atoms with van der Waals surface area (Å²) in [6.07, 6.45) is 6.01. The highest BCUT2D eigenvalue weighted by Crippen LogP contribution is 2.29. The van der Waals surface area contributed by atoms with Gasteiger partial charge in [-0.25, -0.2) is 4.98 Å². The van der Waals surface area contributed by atoms with Gasteiger partial charge in [-0.3, -0.25) is 9.52 Å². The molecule has 4 rings (SSSR count). The van der Waals surface area contributed by atoms with Crippen LogP contribution in [0, 0.1) is 0 Å². The van der Waals surface area contributed by atoms with Crippen molar-refractivity contribution in [3.05, 3.63) is 47.8 Å². The van der Waals surface area contributed by atoms with E-state index < -0.39 is 10.0 Å². The van der Waals surface area contributed by atoms with Crippen LogP contribution < -0.4 is 4.72 Å². The molecular formula is C21H24N4O3S2. The normalized spacial score (nSPS) is 15.0. The summed E-state index contributed by atoms with van der Waals surface area (Å²) in [7, 11) is -4.00. The van der Waals surface area contributed by atoms with Crippen molar-refractivity contribution in [1.29, 1.82) is 0 Å². The third-order valence-electron chi connectivity index (χ3n) is 5.33. The molecule has 9 heteroatoms. The first-order valence-corrected chi connectivity index (χ1v) is 12.3. The Bertz CT molecular complexity index is 1180. The Kier molecular flexibility index (Phi) is 5.75. The molecule has 0 unspecified atom stereocenters. The van der Waals surface area contributed by atoms with E-state index in [1.54, 1.807) is 23.1 Å². The lowest BCUT2D eigenvalue weighted by molar-refractivity contribution is 0.0725. The monoisotopic (exact) mass is 444 g/mol. The summed E-state index contributed by atoms with van der Waals surface area (Å²) in [6.45, 7) is 5.44. The van der Waals surface area contributed by atoms with Gasteiger partial charge in [-0.05, 0) is 60.5 Å². The molecule has 2 aromatic heterocycles. The van der Waals surface area contributed by atoms with Crippen LogP contribution in [0.5, 0.6) is 0 Å². The first kappa shape index (κ1) is 20.7. The average molecular weight is 445 g/mol. The fourth-order valence-electron chi connectivity index (χ4n) is 3.64. The number of carbonyl (C=O) groups is 1. The Balaban J connectivity index is 1.75. The van der Waals surface area contributed by atoms with Gasteiger partial charge in [-0.1, -0.05) is 19.9 Å². The van der Waals surface area contributed by atoms with Gasteiger partial charge in [-0.15, -0.1) is 0 Å². The van der Waals surface area contributed by atoms with Gasteiger partial charge in [0.1, 0.15) is 0 Å². The van der Waals surface area contributed by atoms with Crippen LogP contribution in [0.2, 0.25) is 0 Å². The number of amides is 1. The number of anilines is 1. The van der Waals surface area contributed by atoms with Gasteiger partial charge < -0.3 is 4.90 Å². The smallest absolute Gasteiger partial charge is 0.280 e. The number of hydrogen-bond acceptors (Lipinski definition) is 6. The molecule has 1 aliphatic heterocycles. The van der Waals surface area contributed by atoms with Crippen molar-refractivity contribution >= 4 is 43.2 Å². The van der Waals surface area contributed by atoms with Gasteiger partial charge in [0.25, 0.3) is 15.9 Å². The van der Waals surface area contributed by atoms with Crippen LogP contribution in [-0.2, 0) is 10.0 Å². The van der Waals surface area contributed by atoms with Crippen molar-refractivity contribution < 1.29 is 13.2 Å². The highest BCUT2D eigenvalue weighted by atomic mass is 32.2. The molecule has 1 aliphatic rings.